The van der Waals surface area contributed by atoms with Crippen LogP contribution in [0.5, 0.6) is 0 Å². The Morgan fingerprint density at radius 2 is 2.19 bits per heavy atom. The van der Waals surface area contributed by atoms with Crippen LogP contribution in [0.4, 0.5) is 0 Å². The summed E-state index contributed by atoms with van der Waals surface area (Å²) >= 11 is 0. The summed E-state index contributed by atoms with van der Waals surface area (Å²) in [7, 11) is 0. The smallest absolute Gasteiger partial charge is 0.307 e. The largest absolute Gasteiger partial charge is 0.461 e. The molecule has 1 aliphatic heterocycles. The lowest BCUT2D eigenvalue weighted by atomic mass is 10.1. The highest BCUT2D eigenvalue weighted by molar-refractivity contribution is 5.72. The van der Waals surface area contributed by atoms with Crippen molar-refractivity contribution in [3.05, 3.63) is 35.9 Å². The standard InChI is InChI=1S/C13H17NO2/c1-9(11-6-4-3-5-7-11)14-12-8-13(15)16-10(12)2/h3-7,9-10,12,14H,8H2,1-2H3/t9-,10+,12+/m1/s1/i8D/t8-,9-,10+,12+. The van der Waals surface area contributed by atoms with Crippen LogP contribution in [0.25, 0.3) is 0 Å². The molecule has 3 heteroatoms. The lowest BCUT2D eigenvalue weighted by molar-refractivity contribution is -0.140. The first-order valence-corrected chi connectivity index (χ1v) is 5.53. The van der Waals surface area contributed by atoms with Crippen molar-refractivity contribution in [3.8, 4) is 0 Å². The number of hydrogen-bond acceptors (Lipinski definition) is 3. The summed E-state index contributed by atoms with van der Waals surface area (Å²) in [4.78, 5) is 11.3. The molecule has 86 valence electrons. The molecule has 1 aliphatic rings. The average molecular weight is 220 g/mol. The van der Waals surface area contributed by atoms with Crippen LogP contribution in [0, 0.1) is 0 Å². The SMILES string of the molecule is [2H][C@H]1C(=O)O[C@@H](C)[C@H]1N[C@H](C)c1ccccc1. The van der Waals surface area contributed by atoms with Gasteiger partial charge in [0.1, 0.15) is 6.10 Å². The Morgan fingerprint density at radius 3 is 2.75 bits per heavy atom. The summed E-state index contributed by atoms with van der Waals surface area (Å²) in [6.07, 6.45) is -1.06. The van der Waals surface area contributed by atoms with Gasteiger partial charge in [0.05, 0.1) is 12.4 Å². The van der Waals surface area contributed by atoms with Crippen molar-refractivity contribution in [3.63, 3.8) is 0 Å². The van der Waals surface area contributed by atoms with Gasteiger partial charge in [0.2, 0.25) is 0 Å². The van der Waals surface area contributed by atoms with Gasteiger partial charge < -0.3 is 10.1 Å². The molecule has 0 bridgehead atoms. The Labute approximate surface area is 97.2 Å². The highest BCUT2D eigenvalue weighted by Gasteiger charge is 2.32. The zero-order valence-electron chi connectivity index (χ0n) is 10.5. The van der Waals surface area contributed by atoms with Crippen LogP contribution >= 0.6 is 0 Å². The zero-order valence-corrected chi connectivity index (χ0v) is 9.51. The lowest BCUT2D eigenvalue weighted by Crippen LogP contribution is -2.36. The second-order valence-electron chi connectivity index (χ2n) is 4.13. The van der Waals surface area contributed by atoms with Gasteiger partial charge in [-0.2, -0.15) is 0 Å². The van der Waals surface area contributed by atoms with Crippen LogP contribution in [-0.2, 0) is 9.53 Å². The van der Waals surface area contributed by atoms with Crippen molar-refractivity contribution in [2.75, 3.05) is 0 Å². The van der Waals surface area contributed by atoms with Crippen molar-refractivity contribution in [1.82, 2.24) is 5.32 Å². The first-order chi connectivity index (χ1) is 8.09. The van der Waals surface area contributed by atoms with Crippen LogP contribution < -0.4 is 5.32 Å². The van der Waals surface area contributed by atoms with Crippen LogP contribution in [0.1, 0.15) is 33.2 Å². The van der Waals surface area contributed by atoms with E-state index in [0.717, 1.165) is 5.56 Å². The Hall–Kier alpha value is -1.35. The minimum Gasteiger partial charge on any atom is -0.461 e. The fourth-order valence-electron chi connectivity index (χ4n) is 1.89. The van der Waals surface area contributed by atoms with Crippen molar-refractivity contribution in [2.45, 2.75) is 38.4 Å². The molecule has 1 saturated heterocycles. The van der Waals surface area contributed by atoms with E-state index in [0.29, 0.717) is 0 Å². The van der Waals surface area contributed by atoms with Crippen LogP contribution in [0.2, 0.25) is 0 Å². The van der Waals surface area contributed by atoms with E-state index in [1.54, 1.807) is 0 Å². The first-order valence-electron chi connectivity index (χ1n) is 6.11. The molecule has 0 radical (unpaired) electrons. The van der Waals surface area contributed by atoms with E-state index in [9.17, 15) is 4.79 Å². The number of carbonyl (C=O) groups excluding carboxylic acids is 1. The van der Waals surface area contributed by atoms with Gasteiger partial charge in [-0.15, -0.1) is 0 Å². The minimum atomic E-state index is -0.823. The minimum absolute atomic E-state index is 0.103. The topological polar surface area (TPSA) is 38.3 Å². The normalized spacial score (nSPS) is 32.0. The van der Waals surface area contributed by atoms with Gasteiger partial charge in [-0.05, 0) is 19.4 Å². The molecule has 0 unspecified atom stereocenters. The van der Waals surface area contributed by atoms with E-state index in [4.69, 9.17) is 6.11 Å². The highest BCUT2D eigenvalue weighted by Crippen LogP contribution is 2.19. The molecular weight excluding hydrogens is 202 g/mol. The predicted molar refractivity (Wildman–Crippen MR) is 62.0 cm³/mol. The summed E-state index contributed by atoms with van der Waals surface area (Å²) in [6.45, 7) is 3.85. The molecular formula is C13H17NO2. The van der Waals surface area contributed by atoms with Gasteiger partial charge in [-0.3, -0.25) is 4.79 Å². The third-order valence-corrected chi connectivity index (χ3v) is 2.87. The van der Waals surface area contributed by atoms with Crippen molar-refractivity contribution in [1.29, 1.82) is 0 Å². The second-order valence-corrected chi connectivity index (χ2v) is 4.13. The van der Waals surface area contributed by atoms with Gasteiger partial charge in [0.25, 0.3) is 0 Å². The molecule has 4 atom stereocenters. The maximum Gasteiger partial charge on any atom is 0.307 e. The quantitative estimate of drug-likeness (QED) is 0.792. The van der Waals surface area contributed by atoms with Crippen molar-refractivity contribution < 1.29 is 10.9 Å². The summed E-state index contributed by atoms with van der Waals surface area (Å²) in [5, 5.41) is 3.29. The van der Waals surface area contributed by atoms with Gasteiger partial charge in [-0.25, -0.2) is 0 Å². The fourth-order valence-corrected chi connectivity index (χ4v) is 1.89. The van der Waals surface area contributed by atoms with Crippen LogP contribution in [0.15, 0.2) is 30.3 Å². The Bertz CT molecular complexity index is 396. The summed E-state index contributed by atoms with van der Waals surface area (Å²) in [5.41, 5.74) is 1.14. The highest BCUT2D eigenvalue weighted by atomic mass is 16.5. The molecule has 1 N–H and O–H groups in total. The molecule has 16 heavy (non-hydrogen) atoms. The lowest BCUT2D eigenvalue weighted by Gasteiger charge is -2.21. The third-order valence-electron chi connectivity index (χ3n) is 2.87. The Balaban J connectivity index is 2.04. The maximum absolute atomic E-state index is 11.3. The first kappa shape index (κ1) is 9.85. The molecule has 3 nitrogen and oxygen atoms in total. The predicted octanol–water partition coefficient (Wildman–Crippen LogP) is 2.04. The molecule has 0 saturated carbocycles. The molecule has 0 aliphatic carbocycles. The number of hydrogen-bond donors (Lipinski definition) is 1. The number of carbonyl (C=O) groups is 1. The molecule has 2 rings (SSSR count). The summed E-state index contributed by atoms with van der Waals surface area (Å²) < 4.78 is 12.8. The number of esters is 1. The summed E-state index contributed by atoms with van der Waals surface area (Å²) in [5.74, 6) is -0.435. The van der Waals surface area contributed by atoms with Crippen molar-refractivity contribution in [2.24, 2.45) is 0 Å². The molecule has 0 spiro atoms. The van der Waals surface area contributed by atoms with E-state index in [-0.39, 0.29) is 18.2 Å². The number of ether oxygens (including phenoxy) is 1. The molecule has 1 heterocycles. The van der Waals surface area contributed by atoms with Crippen molar-refractivity contribution >= 4 is 5.97 Å². The van der Waals surface area contributed by atoms with Crippen LogP contribution in [0.3, 0.4) is 0 Å². The zero-order chi connectivity index (χ0) is 12.4. The van der Waals surface area contributed by atoms with E-state index in [2.05, 4.69) is 5.32 Å². The van der Waals surface area contributed by atoms with E-state index < -0.39 is 12.4 Å². The summed E-state index contributed by atoms with van der Waals surface area (Å²) in [6, 6.07) is 9.84. The third kappa shape index (κ3) is 2.42. The van der Waals surface area contributed by atoms with E-state index in [1.165, 1.54) is 0 Å². The number of nitrogens with one attached hydrogen (secondary N) is 1. The van der Waals surface area contributed by atoms with Gasteiger partial charge in [0.15, 0.2) is 0 Å². The molecule has 0 aromatic heterocycles. The molecule has 1 aromatic carbocycles. The monoisotopic (exact) mass is 220 g/mol. The molecule has 0 amide bonds. The number of rotatable bonds is 3. The fraction of sp³-hybridized carbons (Fsp3) is 0.462. The maximum atomic E-state index is 11.3. The van der Waals surface area contributed by atoms with Crippen LogP contribution in [-0.4, -0.2) is 18.1 Å². The van der Waals surface area contributed by atoms with Gasteiger partial charge in [0, 0.05) is 7.41 Å². The number of benzene rings is 1. The molecule has 1 aromatic rings. The second kappa shape index (κ2) is 4.66. The van der Waals surface area contributed by atoms with Gasteiger partial charge >= 0.3 is 5.97 Å². The van der Waals surface area contributed by atoms with Gasteiger partial charge in [-0.1, -0.05) is 30.3 Å². The Kier molecular flexibility index (Phi) is 2.87. The Morgan fingerprint density at radius 1 is 1.50 bits per heavy atom. The van der Waals surface area contributed by atoms with E-state index in [1.807, 2.05) is 44.2 Å². The molecule has 1 fully saturated rings. The number of cyclic esters (lactones) is 1. The average Bonchev–Trinajstić information content (AvgIpc) is 2.57. The van der Waals surface area contributed by atoms with E-state index >= 15 is 0 Å².